The van der Waals surface area contributed by atoms with Crippen LogP contribution in [0.5, 0.6) is 0 Å². The third-order valence-electron chi connectivity index (χ3n) is 3.22. The van der Waals surface area contributed by atoms with Crippen molar-refractivity contribution in [2.24, 2.45) is 0 Å². The van der Waals surface area contributed by atoms with Crippen LogP contribution < -0.4 is 0 Å². The van der Waals surface area contributed by atoms with E-state index >= 15 is 0 Å². The van der Waals surface area contributed by atoms with E-state index in [1.165, 1.54) is 4.90 Å². The first kappa shape index (κ1) is 13.1. The summed E-state index contributed by atoms with van der Waals surface area (Å²) in [5, 5.41) is 0. The maximum atomic E-state index is 12.1. The van der Waals surface area contributed by atoms with Gasteiger partial charge in [-0.1, -0.05) is 28.1 Å². The standard InChI is InChI=1S/C13H15BrN2O2/c1-3-15-12(17)8-16(13(15)18)9(2)10-4-6-11(14)7-5-10/h4-7,9H,3,8H2,1-2H3. The van der Waals surface area contributed by atoms with Crippen LogP contribution in [0.1, 0.15) is 25.5 Å². The molecule has 0 bridgehead atoms. The van der Waals surface area contributed by atoms with Gasteiger partial charge in [0, 0.05) is 11.0 Å². The molecule has 1 aromatic carbocycles. The number of carbonyl (C=O) groups is 2. The van der Waals surface area contributed by atoms with Gasteiger partial charge in [0.05, 0.1) is 6.04 Å². The second kappa shape index (κ2) is 5.10. The fourth-order valence-corrected chi connectivity index (χ4v) is 2.36. The lowest BCUT2D eigenvalue weighted by atomic mass is 10.1. The van der Waals surface area contributed by atoms with Crippen molar-refractivity contribution in [2.45, 2.75) is 19.9 Å². The van der Waals surface area contributed by atoms with E-state index in [4.69, 9.17) is 0 Å². The van der Waals surface area contributed by atoms with Gasteiger partial charge in [0.15, 0.2) is 0 Å². The van der Waals surface area contributed by atoms with Gasteiger partial charge in [-0.3, -0.25) is 9.69 Å². The van der Waals surface area contributed by atoms with Gasteiger partial charge in [0.25, 0.3) is 0 Å². The maximum Gasteiger partial charge on any atom is 0.327 e. The highest BCUT2D eigenvalue weighted by Crippen LogP contribution is 2.26. The molecule has 0 aliphatic carbocycles. The highest BCUT2D eigenvalue weighted by molar-refractivity contribution is 9.10. The lowest BCUT2D eigenvalue weighted by Crippen LogP contribution is -2.34. The Hall–Kier alpha value is -1.36. The number of likely N-dealkylation sites (N-methyl/N-ethyl adjacent to an activating group) is 1. The SMILES string of the molecule is CCN1C(=O)CN(C(C)c2ccc(Br)cc2)C1=O. The zero-order valence-corrected chi connectivity index (χ0v) is 12.0. The first-order valence-electron chi connectivity index (χ1n) is 5.91. The van der Waals surface area contributed by atoms with E-state index in [0.717, 1.165) is 10.0 Å². The van der Waals surface area contributed by atoms with Crippen LogP contribution in [0, 0.1) is 0 Å². The zero-order valence-electron chi connectivity index (χ0n) is 10.4. The summed E-state index contributed by atoms with van der Waals surface area (Å²) >= 11 is 3.38. The maximum absolute atomic E-state index is 12.1. The molecular formula is C13H15BrN2O2. The minimum Gasteiger partial charge on any atom is -0.308 e. The summed E-state index contributed by atoms with van der Waals surface area (Å²) in [6.07, 6.45) is 0. The van der Waals surface area contributed by atoms with Crippen molar-refractivity contribution in [3.05, 3.63) is 34.3 Å². The van der Waals surface area contributed by atoms with Crippen molar-refractivity contribution < 1.29 is 9.59 Å². The molecule has 1 fully saturated rings. The third-order valence-corrected chi connectivity index (χ3v) is 3.75. The number of imide groups is 1. The number of amides is 3. The lowest BCUT2D eigenvalue weighted by Gasteiger charge is -2.23. The minimum atomic E-state index is -0.196. The molecule has 4 nitrogen and oxygen atoms in total. The van der Waals surface area contributed by atoms with Crippen LogP contribution >= 0.6 is 15.9 Å². The van der Waals surface area contributed by atoms with Gasteiger partial charge in [-0.05, 0) is 31.5 Å². The van der Waals surface area contributed by atoms with Crippen molar-refractivity contribution in [3.8, 4) is 0 Å². The predicted molar refractivity (Wildman–Crippen MR) is 72.0 cm³/mol. The molecule has 0 N–H and O–H groups in total. The monoisotopic (exact) mass is 310 g/mol. The Balaban J connectivity index is 2.20. The lowest BCUT2D eigenvalue weighted by molar-refractivity contribution is -0.125. The quantitative estimate of drug-likeness (QED) is 0.805. The van der Waals surface area contributed by atoms with E-state index in [1.807, 2.05) is 38.1 Å². The van der Waals surface area contributed by atoms with E-state index in [1.54, 1.807) is 4.90 Å². The summed E-state index contributed by atoms with van der Waals surface area (Å²) in [5.41, 5.74) is 1.03. The molecule has 0 aromatic heterocycles. The van der Waals surface area contributed by atoms with Crippen LogP contribution in [0.2, 0.25) is 0 Å². The molecule has 2 rings (SSSR count). The summed E-state index contributed by atoms with van der Waals surface area (Å²) in [5.74, 6) is -0.119. The van der Waals surface area contributed by atoms with E-state index in [9.17, 15) is 9.59 Å². The Morgan fingerprint density at radius 3 is 2.39 bits per heavy atom. The van der Waals surface area contributed by atoms with E-state index in [0.29, 0.717) is 6.54 Å². The topological polar surface area (TPSA) is 40.6 Å². The third kappa shape index (κ3) is 2.27. The second-order valence-electron chi connectivity index (χ2n) is 4.28. The fraction of sp³-hybridized carbons (Fsp3) is 0.385. The van der Waals surface area contributed by atoms with E-state index in [-0.39, 0.29) is 24.5 Å². The number of benzene rings is 1. The Morgan fingerprint density at radius 2 is 1.89 bits per heavy atom. The number of rotatable bonds is 3. The zero-order chi connectivity index (χ0) is 13.3. The van der Waals surface area contributed by atoms with Crippen molar-refractivity contribution >= 4 is 27.9 Å². The normalized spacial score (nSPS) is 17.5. The van der Waals surface area contributed by atoms with E-state index < -0.39 is 0 Å². The molecule has 0 spiro atoms. The average Bonchev–Trinajstić information content (AvgIpc) is 2.64. The molecule has 0 saturated carbocycles. The predicted octanol–water partition coefficient (Wildman–Crippen LogP) is 2.79. The number of hydrogen-bond acceptors (Lipinski definition) is 2. The number of hydrogen-bond donors (Lipinski definition) is 0. The molecule has 3 amide bonds. The molecule has 5 heteroatoms. The van der Waals surface area contributed by atoms with Crippen molar-refractivity contribution in [1.82, 2.24) is 9.80 Å². The number of nitrogens with zero attached hydrogens (tertiary/aromatic N) is 2. The number of halogens is 1. The molecule has 0 radical (unpaired) electrons. The average molecular weight is 311 g/mol. The summed E-state index contributed by atoms with van der Waals surface area (Å²) in [6, 6.07) is 7.50. The Bertz CT molecular complexity index is 472. The van der Waals surface area contributed by atoms with Gasteiger partial charge >= 0.3 is 6.03 Å². The molecule has 1 aromatic rings. The smallest absolute Gasteiger partial charge is 0.308 e. The van der Waals surface area contributed by atoms with Crippen molar-refractivity contribution in [2.75, 3.05) is 13.1 Å². The van der Waals surface area contributed by atoms with Crippen LogP contribution in [-0.2, 0) is 4.79 Å². The molecule has 1 atom stereocenters. The van der Waals surface area contributed by atoms with Gasteiger partial charge in [0.2, 0.25) is 5.91 Å². The number of carbonyl (C=O) groups excluding carboxylic acids is 2. The summed E-state index contributed by atoms with van der Waals surface area (Å²) < 4.78 is 0.998. The Labute approximate surface area is 115 Å². The van der Waals surface area contributed by atoms with Crippen LogP contribution in [0.4, 0.5) is 4.79 Å². The van der Waals surface area contributed by atoms with Gasteiger partial charge in [-0.15, -0.1) is 0 Å². The van der Waals surface area contributed by atoms with Crippen LogP contribution in [-0.4, -0.2) is 34.8 Å². The van der Waals surface area contributed by atoms with Crippen LogP contribution in [0.25, 0.3) is 0 Å². The Kier molecular flexibility index (Phi) is 3.71. The highest BCUT2D eigenvalue weighted by Gasteiger charge is 2.37. The largest absolute Gasteiger partial charge is 0.327 e. The molecule has 1 aliphatic heterocycles. The highest BCUT2D eigenvalue weighted by atomic mass is 79.9. The van der Waals surface area contributed by atoms with Gasteiger partial charge < -0.3 is 4.90 Å². The van der Waals surface area contributed by atoms with Crippen molar-refractivity contribution in [3.63, 3.8) is 0 Å². The molecule has 1 heterocycles. The van der Waals surface area contributed by atoms with Gasteiger partial charge in [0.1, 0.15) is 6.54 Å². The molecule has 18 heavy (non-hydrogen) atoms. The summed E-state index contributed by atoms with van der Waals surface area (Å²) in [4.78, 5) is 26.6. The molecule has 96 valence electrons. The minimum absolute atomic E-state index is 0.0916. The molecule has 1 unspecified atom stereocenters. The summed E-state index contributed by atoms with van der Waals surface area (Å²) in [6.45, 7) is 4.35. The molecular weight excluding hydrogens is 296 g/mol. The number of urea groups is 1. The van der Waals surface area contributed by atoms with Crippen LogP contribution in [0.3, 0.4) is 0 Å². The second-order valence-corrected chi connectivity index (χ2v) is 5.19. The van der Waals surface area contributed by atoms with Gasteiger partial charge in [-0.25, -0.2) is 4.79 Å². The van der Waals surface area contributed by atoms with Gasteiger partial charge in [-0.2, -0.15) is 0 Å². The van der Waals surface area contributed by atoms with Crippen molar-refractivity contribution in [1.29, 1.82) is 0 Å². The Morgan fingerprint density at radius 1 is 1.28 bits per heavy atom. The first-order valence-corrected chi connectivity index (χ1v) is 6.70. The van der Waals surface area contributed by atoms with E-state index in [2.05, 4.69) is 15.9 Å². The molecule has 1 aliphatic rings. The fourth-order valence-electron chi connectivity index (χ4n) is 2.10. The summed E-state index contributed by atoms with van der Waals surface area (Å²) in [7, 11) is 0. The van der Waals surface area contributed by atoms with Crippen LogP contribution in [0.15, 0.2) is 28.7 Å². The molecule has 1 saturated heterocycles. The first-order chi connectivity index (χ1) is 8.54.